The molecule has 0 aliphatic rings. The van der Waals surface area contributed by atoms with E-state index in [2.05, 4.69) is 15.5 Å². The number of nitrogens with zero attached hydrogens (tertiary/aromatic N) is 1. The topological polar surface area (TPSA) is 67.0 Å². The Bertz CT molecular complexity index is 923. The average Bonchev–Trinajstić information content (AvgIpc) is 3.15. The molecule has 1 aromatic heterocycles. The van der Waals surface area contributed by atoms with Gasteiger partial charge in [0.25, 0.3) is 5.91 Å². The third-order valence-electron chi connectivity index (χ3n) is 3.98. The van der Waals surface area contributed by atoms with Crippen LogP contribution < -0.4 is 5.32 Å². The summed E-state index contributed by atoms with van der Waals surface area (Å²) in [7, 11) is 0. The fourth-order valence-corrected chi connectivity index (χ4v) is 3.10. The molecule has 27 heavy (non-hydrogen) atoms. The third-order valence-corrected chi connectivity index (χ3v) is 4.53. The summed E-state index contributed by atoms with van der Waals surface area (Å²) in [6, 6.07) is 14.5. The molecule has 0 bridgehead atoms. The van der Waals surface area contributed by atoms with Crippen LogP contribution in [0.25, 0.3) is 22.5 Å². The number of aromatic nitrogens is 2. The van der Waals surface area contributed by atoms with Crippen molar-refractivity contribution in [1.29, 1.82) is 0 Å². The highest BCUT2D eigenvalue weighted by molar-refractivity contribution is 6.36. The minimum Gasteiger partial charge on any atom is -0.380 e. The van der Waals surface area contributed by atoms with Crippen LogP contribution in [0.15, 0.2) is 48.5 Å². The molecule has 140 valence electrons. The van der Waals surface area contributed by atoms with Crippen molar-refractivity contribution in [3.63, 3.8) is 0 Å². The Morgan fingerprint density at radius 3 is 2.63 bits per heavy atom. The first-order valence-electron chi connectivity index (χ1n) is 8.55. The fourth-order valence-electron chi connectivity index (χ4n) is 2.59. The van der Waals surface area contributed by atoms with Crippen molar-refractivity contribution in [3.8, 4) is 22.5 Å². The van der Waals surface area contributed by atoms with Crippen molar-refractivity contribution in [3.05, 3.63) is 64.1 Å². The number of hydrogen-bond donors (Lipinski definition) is 2. The van der Waals surface area contributed by atoms with Gasteiger partial charge in [-0.1, -0.05) is 35.3 Å². The van der Waals surface area contributed by atoms with E-state index in [1.165, 1.54) is 0 Å². The maximum absolute atomic E-state index is 12.1. The molecule has 2 N–H and O–H groups in total. The van der Waals surface area contributed by atoms with E-state index in [1.54, 1.807) is 24.3 Å². The Morgan fingerprint density at radius 2 is 1.93 bits per heavy atom. The molecule has 0 fully saturated rings. The Hall–Kier alpha value is -2.34. The van der Waals surface area contributed by atoms with Crippen LogP contribution >= 0.6 is 23.2 Å². The van der Waals surface area contributed by atoms with Crippen molar-refractivity contribution in [1.82, 2.24) is 15.5 Å². The SMILES string of the molecule is CCOCCNC(=O)c1ccc(-c2cc(-c3ccc(Cl)cc3Cl)[nH]n2)cc1. The molecule has 1 amide bonds. The first-order chi connectivity index (χ1) is 13.1. The molecule has 3 aromatic rings. The monoisotopic (exact) mass is 403 g/mol. The summed E-state index contributed by atoms with van der Waals surface area (Å²) in [5, 5.41) is 11.3. The van der Waals surface area contributed by atoms with Gasteiger partial charge in [0, 0.05) is 34.9 Å². The fraction of sp³-hybridized carbons (Fsp3) is 0.200. The molecular formula is C20H19Cl2N3O2. The number of carbonyl (C=O) groups is 1. The second kappa shape index (κ2) is 9.04. The summed E-state index contributed by atoms with van der Waals surface area (Å²) in [4.78, 5) is 12.1. The van der Waals surface area contributed by atoms with Crippen molar-refractivity contribution in [2.75, 3.05) is 19.8 Å². The van der Waals surface area contributed by atoms with Crippen LogP contribution in [0.5, 0.6) is 0 Å². The summed E-state index contributed by atoms with van der Waals surface area (Å²) in [5.74, 6) is -0.128. The predicted octanol–water partition coefficient (Wildman–Crippen LogP) is 4.82. The van der Waals surface area contributed by atoms with Gasteiger partial charge in [0.1, 0.15) is 0 Å². The van der Waals surface area contributed by atoms with Crippen molar-refractivity contribution < 1.29 is 9.53 Å². The quantitative estimate of drug-likeness (QED) is 0.555. The van der Waals surface area contributed by atoms with Gasteiger partial charge in [0.05, 0.1) is 23.0 Å². The second-order valence-corrected chi connectivity index (χ2v) is 6.66. The zero-order valence-electron chi connectivity index (χ0n) is 14.8. The number of hydrogen-bond acceptors (Lipinski definition) is 3. The first kappa shape index (κ1) is 19.4. The number of halogens is 2. The highest BCUT2D eigenvalue weighted by Crippen LogP contribution is 2.31. The zero-order valence-corrected chi connectivity index (χ0v) is 16.3. The lowest BCUT2D eigenvalue weighted by Crippen LogP contribution is -2.27. The minimum absolute atomic E-state index is 0.128. The summed E-state index contributed by atoms with van der Waals surface area (Å²) in [5.41, 5.74) is 3.87. The van der Waals surface area contributed by atoms with E-state index < -0.39 is 0 Å². The van der Waals surface area contributed by atoms with Crippen molar-refractivity contribution in [2.24, 2.45) is 0 Å². The molecule has 0 aliphatic heterocycles. The number of nitrogens with one attached hydrogen (secondary N) is 2. The van der Waals surface area contributed by atoms with Gasteiger partial charge in [-0.05, 0) is 43.3 Å². The summed E-state index contributed by atoms with van der Waals surface area (Å²) < 4.78 is 5.21. The first-order valence-corrected chi connectivity index (χ1v) is 9.31. The van der Waals surface area contributed by atoms with Crippen molar-refractivity contribution >= 4 is 29.1 Å². The predicted molar refractivity (Wildman–Crippen MR) is 108 cm³/mol. The van der Waals surface area contributed by atoms with Gasteiger partial charge >= 0.3 is 0 Å². The average molecular weight is 404 g/mol. The molecule has 0 saturated carbocycles. The third kappa shape index (κ3) is 4.89. The molecule has 0 spiro atoms. The normalized spacial score (nSPS) is 10.8. The number of carbonyl (C=O) groups excluding carboxylic acids is 1. The van der Waals surface area contributed by atoms with Crippen LogP contribution in [0.4, 0.5) is 0 Å². The highest BCUT2D eigenvalue weighted by Gasteiger charge is 2.11. The Morgan fingerprint density at radius 1 is 1.15 bits per heavy atom. The van der Waals surface area contributed by atoms with E-state index in [9.17, 15) is 4.79 Å². The van der Waals surface area contributed by atoms with Gasteiger partial charge in [-0.15, -0.1) is 0 Å². The molecule has 0 radical (unpaired) electrons. The van der Waals surface area contributed by atoms with Crippen LogP contribution in [0.2, 0.25) is 10.0 Å². The van der Waals surface area contributed by atoms with Crippen LogP contribution in [0.1, 0.15) is 17.3 Å². The van der Waals surface area contributed by atoms with Gasteiger partial charge in [-0.2, -0.15) is 5.10 Å². The van der Waals surface area contributed by atoms with E-state index in [-0.39, 0.29) is 5.91 Å². The number of benzene rings is 2. The molecule has 2 aromatic carbocycles. The van der Waals surface area contributed by atoms with Crippen LogP contribution in [0.3, 0.4) is 0 Å². The number of H-pyrrole nitrogens is 1. The number of aromatic amines is 1. The second-order valence-electron chi connectivity index (χ2n) is 5.82. The Labute approximate surface area is 167 Å². The zero-order chi connectivity index (χ0) is 19.2. The van der Waals surface area contributed by atoms with E-state index in [1.807, 2.05) is 31.2 Å². The molecule has 5 nitrogen and oxygen atoms in total. The van der Waals surface area contributed by atoms with Gasteiger partial charge in [0.15, 0.2) is 0 Å². The number of rotatable bonds is 7. The van der Waals surface area contributed by atoms with Crippen LogP contribution in [0, 0.1) is 0 Å². The molecule has 0 aliphatic carbocycles. The molecule has 3 rings (SSSR count). The molecule has 1 heterocycles. The lowest BCUT2D eigenvalue weighted by atomic mass is 10.1. The van der Waals surface area contributed by atoms with Gasteiger partial charge < -0.3 is 10.1 Å². The molecule has 0 atom stereocenters. The number of amides is 1. The summed E-state index contributed by atoms with van der Waals surface area (Å²) in [6.07, 6.45) is 0. The van der Waals surface area contributed by atoms with E-state index >= 15 is 0 Å². The van der Waals surface area contributed by atoms with Crippen LogP contribution in [-0.2, 0) is 4.74 Å². The van der Waals surface area contributed by atoms with E-state index in [0.717, 1.165) is 22.5 Å². The largest absolute Gasteiger partial charge is 0.380 e. The summed E-state index contributed by atoms with van der Waals surface area (Å²) in [6.45, 7) is 3.54. The molecular weight excluding hydrogens is 385 g/mol. The Kier molecular flexibility index (Phi) is 6.50. The maximum atomic E-state index is 12.1. The number of ether oxygens (including phenoxy) is 1. The van der Waals surface area contributed by atoms with Gasteiger partial charge in [0.2, 0.25) is 0 Å². The summed E-state index contributed by atoms with van der Waals surface area (Å²) >= 11 is 12.2. The lowest BCUT2D eigenvalue weighted by Gasteiger charge is -2.05. The molecule has 0 saturated heterocycles. The lowest BCUT2D eigenvalue weighted by molar-refractivity contribution is 0.0922. The van der Waals surface area contributed by atoms with Crippen LogP contribution in [-0.4, -0.2) is 35.9 Å². The molecule has 7 heteroatoms. The standard InChI is InChI=1S/C20H19Cl2N3O2/c1-2-27-10-9-23-20(26)14-5-3-13(4-6-14)18-12-19(25-24-18)16-8-7-15(21)11-17(16)22/h3-8,11-12H,2,9-10H2,1H3,(H,23,26)(H,24,25). The van der Waals surface area contributed by atoms with E-state index in [0.29, 0.717) is 35.4 Å². The highest BCUT2D eigenvalue weighted by atomic mass is 35.5. The van der Waals surface area contributed by atoms with E-state index in [4.69, 9.17) is 27.9 Å². The van der Waals surface area contributed by atoms with Crippen molar-refractivity contribution in [2.45, 2.75) is 6.92 Å². The Balaban J connectivity index is 1.71. The maximum Gasteiger partial charge on any atom is 0.251 e. The van der Waals surface area contributed by atoms with Gasteiger partial charge in [-0.25, -0.2) is 0 Å². The minimum atomic E-state index is -0.128. The smallest absolute Gasteiger partial charge is 0.251 e. The van der Waals surface area contributed by atoms with Gasteiger partial charge in [-0.3, -0.25) is 9.89 Å². The molecule has 0 unspecified atom stereocenters.